The number of hydrogen-bond donors (Lipinski definition) is 2. The largest absolute Gasteiger partial charge is 0.462 e. The second-order valence-corrected chi connectivity index (χ2v) is 4.45. The molecular formula is C13H18BN2O3. The summed E-state index contributed by atoms with van der Waals surface area (Å²) in [6.07, 6.45) is 0.828. The quantitative estimate of drug-likeness (QED) is 0.324. The van der Waals surface area contributed by atoms with Crippen molar-refractivity contribution in [2.75, 3.05) is 5.73 Å². The molecule has 0 saturated carbocycles. The summed E-state index contributed by atoms with van der Waals surface area (Å²) < 4.78 is 5.14. The van der Waals surface area contributed by atoms with Crippen molar-refractivity contribution in [3.63, 3.8) is 0 Å². The maximum Gasteiger partial charge on any atom is 0.322 e. The molecule has 1 aromatic rings. The minimum atomic E-state index is -0.587. The number of carbonyl (C=O) groups excluding carboxylic acids is 2. The van der Waals surface area contributed by atoms with Gasteiger partial charge in [0.25, 0.3) is 7.41 Å². The molecule has 1 rings (SSSR count). The summed E-state index contributed by atoms with van der Waals surface area (Å²) in [7, 11) is 1.20. The smallest absolute Gasteiger partial charge is 0.322 e. The molecule has 0 amide bonds. The average molecular weight is 261 g/mol. The number of nitrogens with two attached hydrogens (primary N) is 1. The first-order chi connectivity index (χ1) is 9.02. The van der Waals surface area contributed by atoms with Gasteiger partial charge in [-0.3, -0.25) is 4.79 Å². The highest BCUT2D eigenvalue weighted by atomic mass is 16.5. The van der Waals surface area contributed by atoms with Gasteiger partial charge in [0.1, 0.15) is 6.04 Å². The van der Waals surface area contributed by atoms with E-state index >= 15 is 0 Å². The van der Waals surface area contributed by atoms with Gasteiger partial charge < -0.3 is 20.5 Å². The molecule has 0 heterocycles. The lowest BCUT2D eigenvalue weighted by molar-refractivity contribution is -0.149. The highest BCUT2D eigenvalue weighted by Crippen LogP contribution is 2.09. The van der Waals surface area contributed by atoms with Crippen LogP contribution in [-0.4, -0.2) is 31.7 Å². The number of anilines is 1. The van der Waals surface area contributed by atoms with Gasteiger partial charge in [0.15, 0.2) is 0 Å². The van der Waals surface area contributed by atoms with Crippen molar-refractivity contribution in [1.82, 2.24) is 5.23 Å². The summed E-state index contributed by atoms with van der Waals surface area (Å²) in [5, 5.41) is 2.74. The first-order valence-corrected chi connectivity index (χ1v) is 6.11. The van der Waals surface area contributed by atoms with Gasteiger partial charge in [-0.25, -0.2) is 0 Å². The average Bonchev–Trinajstić information content (AvgIpc) is 2.35. The standard InChI is InChI=1S/C13H18BN2O3/c1-9(2)19-13(18)12(16-14-8-17)7-10-3-5-11(15)6-4-10/h3-6,8-9,12,16H,7,15H2,1-2H3/t12-/m0/s1. The number of ether oxygens (including phenoxy) is 1. The van der Waals surface area contributed by atoms with Crippen LogP contribution in [0.5, 0.6) is 0 Å². The first kappa shape index (κ1) is 15.2. The van der Waals surface area contributed by atoms with Crippen molar-refractivity contribution >= 4 is 25.3 Å². The zero-order chi connectivity index (χ0) is 14.3. The lowest BCUT2D eigenvalue weighted by atomic mass is 9.94. The maximum absolute atomic E-state index is 11.9. The molecule has 0 aliphatic heterocycles. The fourth-order valence-electron chi connectivity index (χ4n) is 1.57. The van der Waals surface area contributed by atoms with Gasteiger partial charge in [-0.1, -0.05) is 12.1 Å². The second-order valence-electron chi connectivity index (χ2n) is 4.45. The summed E-state index contributed by atoms with van der Waals surface area (Å²) in [6.45, 7) is 3.56. The summed E-state index contributed by atoms with van der Waals surface area (Å²) in [5.41, 5.74) is 7.20. The Morgan fingerprint density at radius 2 is 2.05 bits per heavy atom. The number of esters is 1. The van der Waals surface area contributed by atoms with Crippen LogP contribution in [-0.2, 0) is 20.7 Å². The Balaban J connectivity index is 2.70. The van der Waals surface area contributed by atoms with Crippen LogP contribution in [0.3, 0.4) is 0 Å². The van der Waals surface area contributed by atoms with E-state index in [0.717, 1.165) is 5.56 Å². The van der Waals surface area contributed by atoms with Crippen molar-refractivity contribution in [3.8, 4) is 0 Å². The van der Waals surface area contributed by atoms with Gasteiger partial charge in [0, 0.05) is 5.69 Å². The van der Waals surface area contributed by atoms with E-state index < -0.39 is 6.04 Å². The minimum Gasteiger partial charge on any atom is -0.462 e. The summed E-state index contributed by atoms with van der Waals surface area (Å²) >= 11 is 0. The molecule has 19 heavy (non-hydrogen) atoms. The van der Waals surface area contributed by atoms with E-state index in [9.17, 15) is 9.59 Å². The van der Waals surface area contributed by atoms with Crippen molar-refractivity contribution in [2.45, 2.75) is 32.4 Å². The van der Waals surface area contributed by atoms with Crippen LogP contribution in [0.2, 0.25) is 0 Å². The molecule has 1 radical (unpaired) electrons. The molecular weight excluding hydrogens is 243 g/mol. The third kappa shape index (κ3) is 5.57. The Kier molecular flexibility index (Phi) is 6.08. The first-order valence-electron chi connectivity index (χ1n) is 6.11. The van der Waals surface area contributed by atoms with E-state index in [1.54, 1.807) is 26.0 Å². The van der Waals surface area contributed by atoms with Crippen LogP contribution in [0.4, 0.5) is 5.69 Å². The molecule has 0 aromatic heterocycles. The lowest BCUT2D eigenvalue weighted by Crippen LogP contribution is -2.43. The summed E-state index contributed by atoms with van der Waals surface area (Å²) in [4.78, 5) is 22.2. The minimum absolute atomic E-state index is 0.195. The van der Waals surface area contributed by atoms with Crippen LogP contribution in [0.15, 0.2) is 24.3 Å². The molecule has 101 valence electrons. The molecule has 0 spiro atoms. The van der Waals surface area contributed by atoms with E-state index in [1.165, 1.54) is 7.41 Å². The Hall–Kier alpha value is -1.82. The van der Waals surface area contributed by atoms with E-state index in [0.29, 0.717) is 18.3 Å². The Labute approximate surface area is 113 Å². The molecule has 1 aromatic carbocycles. The second kappa shape index (κ2) is 7.58. The van der Waals surface area contributed by atoms with Gasteiger partial charge in [0.2, 0.25) is 0 Å². The monoisotopic (exact) mass is 261 g/mol. The van der Waals surface area contributed by atoms with E-state index in [1.807, 2.05) is 12.1 Å². The molecule has 1 atom stereocenters. The van der Waals surface area contributed by atoms with Crippen LogP contribution in [0, 0.1) is 0 Å². The molecule has 3 N–H and O–H groups in total. The van der Waals surface area contributed by atoms with Crippen molar-refractivity contribution in [2.24, 2.45) is 0 Å². The van der Waals surface area contributed by atoms with Crippen LogP contribution >= 0.6 is 0 Å². The zero-order valence-corrected chi connectivity index (χ0v) is 11.1. The summed E-state index contributed by atoms with van der Waals surface area (Å²) in [6, 6.07) is 6.63. The molecule has 0 fully saturated rings. The number of hydrogen-bond acceptors (Lipinski definition) is 5. The SMILES string of the molecule is CC(C)OC(=O)[C@H](Cc1ccc(N)cc1)N[B]C=O. The van der Waals surface area contributed by atoms with Gasteiger partial charge >= 0.3 is 5.97 Å². The van der Waals surface area contributed by atoms with Crippen molar-refractivity contribution in [1.29, 1.82) is 0 Å². The zero-order valence-electron chi connectivity index (χ0n) is 11.1. The predicted octanol–water partition coefficient (Wildman–Crippen LogP) is 0.531. The number of carbonyl (C=O) groups is 2. The van der Waals surface area contributed by atoms with Crippen LogP contribution in [0.25, 0.3) is 0 Å². The fourth-order valence-corrected chi connectivity index (χ4v) is 1.57. The number of nitrogens with one attached hydrogen (secondary N) is 1. The highest BCUT2D eigenvalue weighted by Gasteiger charge is 2.20. The third-order valence-corrected chi connectivity index (χ3v) is 2.42. The Bertz CT molecular complexity index is 420. The predicted molar refractivity (Wildman–Crippen MR) is 75.2 cm³/mol. The Morgan fingerprint density at radius 3 is 2.58 bits per heavy atom. The number of benzene rings is 1. The van der Waals surface area contributed by atoms with Gasteiger partial charge in [-0.05, 0) is 38.0 Å². The van der Waals surface area contributed by atoms with Crippen molar-refractivity contribution < 1.29 is 14.3 Å². The van der Waals surface area contributed by atoms with Gasteiger partial charge in [0.05, 0.1) is 12.3 Å². The lowest BCUT2D eigenvalue weighted by Gasteiger charge is -2.18. The maximum atomic E-state index is 11.9. The molecule has 0 unspecified atom stereocenters. The molecule has 0 aliphatic carbocycles. The Morgan fingerprint density at radius 1 is 1.42 bits per heavy atom. The molecule has 5 nitrogen and oxygen atoms in total. The van der Waals surface area contributed by atoms with E-state index in [4.69, 9.17) is 10.5 Å². The molecule has 0 aliphatic rings. The third-order valence-electron chi connectivity index (χ3n) is 2.42. The number of rotatable bonds is 7. The fraction of sp³-hybridized carbons (Fsp3) is 0.385. The van der Waals surface area contributed by atoms with E-state index in [2.05, 4.69) is 5.23 Å². The van der Waals surface area contributed by atoms with E-state index in [-0.39, 0.29) is 12.1 Å². The number of nitrogen functional groups attached to an aromatic ring is 1. The van der Waals surface area contributed by atoms with Crippen LogP contribution < -0.4 is 11.0 Å². The molecule has 6 heteroatoms. The summed E-state index contributed by atoms with van der Waals surface area (Å²) in [5.74, 6) is -0.384. The van der Waals surface area contributed by atoms with Gasteiger partial charge in [-0.15, -0.1) is 0 Å². The molecule has 0 saturated heterocycles. The molecule has 0 bridgehead atoms. The van der Waals surface area contributed by atoms with Crippen LogP contribution in [0.1, 0.15) is 19.4 Å². The van der Waals surface area contributed by atoms with Crippen molar-refractivity contribution in [3.05, 3.63) is 29.8 Å². The highest BCUT2D eigenvalue weighted by molar-refractivity contribution is 6.64. The topological polar surface area (TPSA) is 81.4 Å². The van der Waals surface area contributed by atoms with Gasteiger partial charge in [-0.2, -0.15) is 0 Å². The normalized spacial score (nSPS) is 11.9.